The van der Waals surface area contributed by atoms with E-state index in [1.54, 1.807) is 48.0 Å². The van der Waals surface area contributed by atoms with Crippen molar-refractivity contribution in [1.82, 2.24) is 9.80 Å². The Kier molecular flexibility index (Phi) is 12.9. The highest BCUT2D eigenvalue weighted by Gasteiger charge is 2.31. The molecule has 11 nitrogen and oxygen atoms in total. The number of sulfonamides is 1. The van der Waals surface area contributed by atoms with Gasteiger partial charge in [-0.15, -0.1) is 0 Å². The maximum absolute atomic E-state index is 14.4. The van der Waals surface area contributed by atoms with Crippen molar-refractivity contribution in [3.05, 3.63) is 83.9 Å². The minimum Gasteiger partial charge on any atom is -0.490 e. The van der Waals surface area contributed by atoms with Crippen LogP contribution in [0, 0.1) is 12.8 Å². The van der Waals surface area contributed by atoms with Crippen molar-refractivity contribution in [1.29, 1.82) is 0 Å². The first-order valence-electron chi connectivity index (χ1n) is 16.4. The van der Waals surface area contributed by atoms with E-state index in [2.05, 4.69) is 10.0 Å². The van der Waals surface area contributed by atoms with E-state index in [1.165, 1.54) is 18.2 Å². The summed E-state index contributed by atoms with van der Waals surface area (Å²) in [6.07, 6.45) is 1.65. The van der Waals surface area contributed by atoms with E-state index >= 15 is 0 Å². The number of hydrogen-bond donors (Lipinski definition) is 3. The van der Waals surface area contributed by atoms with E-state index in [0.717, 1.165) is 18.4 Å². The SMILES string of the molecule is Cc1ccc(S(=O)(=O)Nc2ccc3c(c2)C(=O)N([C@@H](C)CO)C[C@H](C)[C@H](CN(C)C(=O)Nc2ccccc2)OCCCC[C@@H](C)O3)cc1. The van der Waals surface area contributed by atoms with Gasteiger partial charge in [-0.25, -0.2) is 13.2 Å². The number of amides is 3. The Bertz CT molecular complexity index is 1620. The van der Waals surface area contributed by atoms with Crippen LogP contribution in [0.25, 0.3) is 0 Å². The van der Waals surface area contributed by atoms with Crippen LogP contribution in [0.2, 0.25) is 0 Å². The highest BCUT2D eigenvalue weighted by Crippen LogP contribution is 2.29. The van der Waals surface area contributed by atoms with Crippen molar-refractivity contribution >= 4 is 33.3 Å². The molecule has 3 N–H and O–H groups in total. The van der Waals surface area contributed by atoms with Gasteiger partial charge in [0.15, 0.2) is 0 Å². The Hall–Kier alpha value is -4.13. The molecular formula is C36H48N4O7S. The largest absolute Gasteiger partial charge is 0.490 e. The monoisotopic (exact) mass is 680 g/mol. The molecular weight excluding hydrogens is 632 g/mol. The maximum atomic E-state index is 14.4. The lowest BCUT2D eigenvalue weighted by Gasteiger charge is -2.35. The first-order chi connectivity index (χ1) is 22.9. The van der Waals surface area contributed by atoms with Crippen LogP contribution in [0.5, 0.6) is 5.75 Å². The molecule has 0 fully saturated rings. The Morgan fingerprint density at radius 2 is 1.75 bits per heavy atom. The van der Waals surface area contributed by atoms with Crippen molar-refractivity contribution in [3.63, 3.8) is 0 Å². The summed E-state index contributed by atoms with van der Waals surface area (Å²) in [5.74, 6) is -0.340. The number of benzene rings is 3. The Balaban J connectivity index is 1.63. The number of ether oxygens (including phenoxy) is 2. The fourth-order valence-electron chi connectivity index (χ4n) is 5.47. The van der Waals surface area contributed by atoms with Crippen LogP contribution >= 0.6 is 0 Å². The number of urea groups is 1. The van der Waals surface area contributed by atoms with Gasteiger partial charge in [-0.1, -0.05) is 42.8 Å². The minimum absolute atomic E-state index is 0.0993. The van der Waals surface area contributed by atoms with Gasteiger partial charge in [0.05, 0.1) is 35.3 Å². The number of aliphatic hydroxyl groups excluding tert-OH is 1. The first kappa shape index (κ1) is 36.7. The van der Waals surface area contributed by atoms with Gasteiger partial charge in [-0.2, -0.15) is 0 Å². The molecule has 0 radical (unpaired) electrons. The van der Waals surface area contributed by atoms with Crippen molar-refractivity contribution < 1.29 is 32.6 Å². The molecule has 0 spiro atoms. The van der Waals surface area contributed by atoms with Gasteiger partial charge in [-0.05, 0) is 82.5 Å². The third kappa shape index (κ3) is 9.94. The fraction of sp³-hybridized carbons (Fsp3) is 0.444. The van der Waals surface area contributed by atoms with E-state index in [1.807, 2.05) is 51.1 Å². The Labute approximate surface area is 284 Å². The number of rotatable bonds is 8. The number of aliphatic hydroxyl groups is 1. The highest BCUT2D eigenvalue weighted by molar-refractivity contribution is 7.92. The Morgan fingerprint density at radius 3 is 2.44 bits per heavy atom. The van der Waals surface area contributed by atoms with Crippen LogP contribution in [0.3, 0.4) is 0 Å². The molecule has 3 aromatic carbocycles. The lowest BCUT2D eigenvalue weighted by molar-refractivity contribution is -0.0115. The van der Waals surface area contributed by atoms with Gasteiger partial charge in [0.25, 0.3) is 15.9 Å². The summed E-state index contributed by atoms with van der Waals surface area (Å²) in [4.78, 5) is 30.6. The van der Waals surface area contributed by atoms with Crippen LogP contribution in [0.15, 0.2) is 77.7 Å². The summed E-state index contributed by atoms with van der Waals surface area (Å²) in [5.41, 5.74) is 1.99. The van der Waals surface area contributed by atoms with E-state index in [4.69, 9.17) is 9.47 Å². The molecule has 0 saturated heterocycles. The number of nitrogens with one attached hydrogen (secondary N) is 2. The summed E-state index contributed by atoms with van der Waals surface area (Å²) >= 11 is 0. The van der Waals surface area contributed by atoms with Gasteiger partial charge in [-0.3, -0.25) is 9.52 Å². The van der Waals surface area contributed by atoms with Crippen LogP contribution in [0.4, 0.5) is 16.2 Å². The molecule has 0 unspecified atom stereocenters. The quantitative estimate of drug-likeness (QED) is 0.275. The van der Waals surface area contributed by atoms with Crippen LogP contribution in [-0.4, -0.2) is 86.9 Å². The number of anilines is 2. The van der Waals surface area contributed by atoms with Crippen LogP contribution in [0.1, 0.15) is 56.0 Å². The summed E-state index contributed by atoms with van der Waals surface area (Å²) in [6.45, 7) is 8.15. The second kappa shape index (κ2) is 16.8. The zero-order chi connectivity index (χ0) is 34.8. The molecule has 1 heterocycles. The van der Waals surface area contributed by atoms with Gasteiger partial charge in [0, 0.05) is 44.0 Å². The smallest absolute Gasteiger partial charge is 0.321 e. The first-order valence-corrected chi connectivity index (χ1v) is 17.9. The number of aryl methyl sites for hydroxylation is 1. The van der Waals surface area contributed by atoms with E-state index < -0.39 is 28.1 Å². The molecule has 48 heavy (non-hydrogen) atoms. The van der Waals surface area contributed by atoms with Crippen molar-refractivity contribution in [3.8, 4) is 5.75 Å². The predicted octanol–water partition coefficient (Wildman–Crippen LogP) is 5.76. The molecule has 4 atom stereocenters. The molecule has 3 amide bonds. The standard InChI is InChI=1S/C36H48N4O7S/c1-25-14-17-31(18-15-25)48(44,45)38-30-16-19-33-32(21-30)35(42)40(27(3)24-41)22-26(2)34(46-20-10-9-11-28(4)47-33)23-39(5)36(43)37-29-12-7-6-8-13-29/h6-8,12-19,21,26-28,34,38,41H,9-11,20,22-24H2,1-5H3,(H,37,43)/t26-,27-,28+,34-/m0/s1. The summed E-state index contributed by atoms with van der Waals surface area (Å²) in [7, 11) is -2.23. The number of fused-ring (bicyclic) bond motifs is 1. The molecule has 1 aliphatic heterocycles. The Morgan fingerprint density at radius 1 is 1.04 bits per heavy atom. The molecule has 0 aromatic heterocycles. The lowest BCUT2D eigenvalue weighted by Crippen LogP contribution is -2.48. The molecule has 0 aliphatic carbocycles. The molecule has 3 aromatic rings. The third-order valence-corrected chi connectivity index (χ3v) is 9.86. The summed E-state index contributed by atoms with van der Waals surface area (Å²) in [5, 5.41) is 13.1. The normalized spacial score (nSPS) is 20.1. The maximum Gasteiger partial charge on any atom is 0.321 e. The number of nitrogens with zero attached hydrogens (tertiary/aromatic N) is 2. The molecule has 0 saturated carbocycles. The zero-order valence-electron chi connectivity index (χ0n) is 28.4. The second-order valence-corrected chi connectivity index (χ2v) is 14.3. The average Bonchev–Trinajstić information content (AvgIpc) is 3.06. The van der Waals surface area contributed by atoms with Crippen molar-refractivity contribution in [2.24, 2.45) is 5.92 Å². The number of carbonyl (C=O) groups excluding carboxylic acids is 2. The molecule has 12 heteroatoms. The number of para-hydroxylation sites is 1. The minimum atomic E-state index is -3.93. The highest BCUT2D eigenvalue weighted by atomic mass is 32.2. The lowest BCUT2D eigenvalue weighted by atomic mass is 10.0. The number of carbonyl (C=O) groups is 2. The predicted molar refractivity (Wildman–Crippen MR) is 187 cm³/mol. The average molecular weight is 681 g/mol. The van der Waals surface area contributed by atoms with E-state index in [-0.39, 0.29) is 53.9 Å². The molecule has 1 aliphatic rings. The van der Waals surface area contributed by atoms with E-state index in [9.17, 15) is 23.1 Å². The van der Waals surface area contributed by atoms with Gasteiger partial charge >= 0.3 is 6.03 Å². The number of hydrogen-bond acceptors (Lipinski definition) is 7. The molecule has 260 valence electrons. The second-order valence-electron chi connectivity index (χ2n) is 12.6. The topological polar surface area (TPSA) is 138 Å². The summed E-state index contributed by atoms with van der Waals surface area (Å²) in [6, 6.07) is 19.5. The van der Waals surface area contributed by atoms with E-state index in [0.29, 0.717) is 24.5 Å². The van der Waals surface area contributed by atoms with Gasteiger partial charge in [0.1, 0.15) is 5.75 Å². The van der Waals surface area contributed by atoms with Crippen LogP contribution < -0.4 is 14.8 Å². The molecule has 4 rings (SSSR count). The van der Waals surface area contributed by atoms with Crippen molar-refractivity contribution in [2.45, 2.75) is 70.1 Å². The van der Waals surface area contributed by atoms with Gasteiger partial charge < -0.3 is 29.7 Å². The van der Waals surface area contributed by atoms with Crippen LogP contribution in [-0.2, 0) is 14.8 Å². The summed E-state index contributed by atoms with van der Waals surface area (Å²) < 4.78 is 41.6. The van der Waals surface area contributed by atoms with Crippen molar-refractivity contribution in [2.75, 3.05) is 43.4 Å². The zero-order valence-corrected chi connectivity index (χ0v) is 29.2. The molecule has 0 bridgehead atoms. The number of likely N-dealkylation sites (N-methyl/N-ethyl adjacent to an activating group) is 1. The third-order valence-electron chi connectivity index (χ3n) is 8.46. The fourth-order valence-corrected chi connectivity index (χ4v) is 6.52. The van der Waals surface area contributed by atoms with Gasteiger partial charge in [0.2, 0.25) is 0 Å².